The zero-order valence-electron chi connectivity index (χ0n) is 26.6. The largest absolute Gasteiger partial charge is 0.493 e. The molecule has 2 fully saturated rings. The molecule has 0 radical (unpaired) electrons. The van der Waals surface area contributed by atoms with E-state index in [4.69, 9.17) is 22.1 Å². The molecule has 16 heteroatoms. The van der Waals surface area contributed by atoms with Crippen LogP contribution in [-0.4, -0.2) is 67.6 Å². The van der Waals surface area contributed by atoms with Crippen LogP contribution in [0.2, 0.25) is 5.02 Å². The highest BCUT2D eigenvalue weighted by Gasteiger charge is 2.58. The Morgan fingerprint density at radius 1 is 0.880 bits per heavy atom. The van der Waals surface area contributed by atoms with Crippen LogP contribution in [0, 0.1) is 5.92 Å². The third-order valence-corrected chi connectivity index (χ3v) is 10.6. The molecule has 1 heterocycles. The molecule has 50 heavy (non-hydrogen) atoms. The minimum atomic E-state index is -5.82. The van der Waals surface area contributed by atoms with E-state index in [1.54, 1.807) is 24.3 Å². The van der Waals surface area contributed by atoms with Gasteiger partial charge in [0.05, 0.1) is 11.5 Å². The number of rotatable bonds is 11. The number of hydrogen-bond acceptors (Lipinski definition) is 7. The van der Waals surface area contributed by atoms with Gasteiger partial charge < -0.3 is 20.2 Å². The molecular formula is C34H35ClF5N3O6S. The molecule has 1 aliphatic heterocycles. The Hall–Kier alpha value is -3.79. The fraction of sp³-hybridized carbons (Fsp3) is 0.412. The predicted octanol–water partition coefficient (Wildman–Crippen LogP) is 6.70. The molecule has 5 rings (SSSR count). The average Bonchev–Trinajstić information content (AvgIpc) is 3.53. The molecule has 1 aliphatic carbocycles. The fourth-order valence-electron chi connectivity index (χ4n) is 5.98. The highest BCUT2D eigenvalue weighted by Crippen LogP contribution is 2.40. The van der Waals surface area contributed by atoms with E-state index in [0.29, 0.717) is 22.8 Å². The smallest absolute Gasteiger partial charge is 0.492 e. The quantitative estimate of drug-likeness (QED) is 0.172. The van der Waals surface area contributed by atoms with E-state index in [9.17, 15) is 31.2 Å². The zero-order valence-corrected chi connectivity index (χ0v) is 28.2. The van der Waals surface area contributed by atoms with Crippen molar-refractivity contribution in [3.8, 4) is 16.9 Å². The Bertz CT molecular complexity index is 1750. The number of carbonyl (C=O) groups is 2. The lowest BCUT2D eigenvalue weighted by Gasteiger charge is -2.35. The number of carbonyl (C=O) groups excluding carboxylic acids is 2. The maximum absolute atomic E-state index is 16.7. The summed E-state index contributed by atoms with van der Waals surface area (Å²) in [5.74, 6) is -8.78. The number of likely N-dealkylation sites (tertiary alicyclic amines) is 1. The van der Waals surface area contributed by atoms with Crippen LogP contribution >= 0.6 is 11.6 Å². The maximum atomic E-state index is 16.7. The molecule has 270 valence electrons. The number of hydroxylamine groups is 1. The number of nitrogens with two attached hydrogens (primary N) is 1. The van der Waals surface area contributed by atoms with Gasteiger partial charge in [0, 0.05) is 29.7 Å². The van der Waals surface area contributed by atoms with Gasteiger partial charge in [0.1, 0.15) is 5.75 Å². The number of alkyl halides is 5. The molecule has 3 aromatic rings. The number of amides is 1. The van der Waals surface area contributed by atoms with Gasteiger partial charge >= 0.3 is 18.1 Å². The summed E-state index contributed by atoms with van der Waals surface area (Å²) in [6, 6.07) is 10.9. The normalized spacial score (nSPS) is 18.2. The zero-order chi connectivity index (χ0) is 36.3. The summed E-state index contributed by atoms with van der Waals surface area (Å²) in [5, 5.41) is 0.427. The lowest BCUT2D eigenvalue weighted by molar-refractivity contribution is -0.239. The SMILES string of the molecule is N[C@H]1CCN(C(=O)[C@H](N(OC(=O)C(F)(F)F)S(=O)(=O)c2ccc(OCC3CCCCC3)cc2)C(F)(F)c2ccc(-c3ccc(Cl)cc3)cc2)C1. The lowest BCUT2D eigenvalue weighted by atomic mass is 9.90. The third-order valence-electron chi connectivity index (χ3n) is 8.75. The minimum absolute atomic E-state index is 0.150. The minimum Gasteiger partial charge on any atom is -0.493 e. The Morgan fingerprint density at radius 3 is 2.00 bits per heavy atom. The van der Waals surface area contributed by atoms with Crippen molar-refractivity contribution in [2.45, 2.75) is 67.6 Å². The van der Waals surface area contributed by atoms with Crippen LogP contribution in [0.1, 0.15) is 44.1 Å². The van der Waals surface area contributed by atoms with Gasteiger partial charge in [0.2, 0.25) is 6.04 Å². The lowest BCUT2D eigenvalue weighted by Crippen LogP contribution is -2.58. The summed E-state index contributed by atoms with van der Waals surface area (Å²) in [5.41, 5.74) is 5.96. The average molecular weight is 744 g/mol. The predicted molar refractivity (Wildman–Crippen MR) is 173 cm³/mol. The third kappa shape index (κ3) is 8.56. The van der Waals surface area contributed by atoms with E-state index in [1.807, 2.05) is 0 Å². The first-order valence-electron chi connectivity index (χ1n) is 15.9. The van der Waals surface area contributed by atoms with Gasteiger partial charge in [-0.25, -0.2) is 13.2 Å². The van der Waals surface area contributed by atoms with Gasteiger partial charge in [-0.2, -0.15) is 22.0 Å². The first kappa shape index (κ1) is 37.5. The molecule has 2 atom stereocenters. The van der Waals surface area contributed by atoms with Gasteiger partial charge in [0.25, 0.3) is 15.9 Å². The Balaban J connectivity index is 1.54. The monoisotopic (exact) mass is 743 g/mol. The number of ether oxygens (including phenoxy) is 1. The van der Waals surface area contributed by atoms with E-state index < -0.39 is 61.0 Å². The van der Waals surface area contributed by atoms with Crippen molar-refractivity contribution in [3.63, 3.8) is 0 Å². The van der Waals surface area contributed by atoms with Crippen LogP contribution in [-0.2, 0) is 30.4 Å². The molecule has 1 amide bonds. The fourth-order valence-corrected chi connectivity index (χ4v) is 7.46. The van der Waals surface area contributed by atoms with E-state index in [0.717, 1.165) is 61.3 Å². The molecule has 1 saturated carbocycles. The highest BCUT2D eigenvalue weighted by molar-refractivity contribution is 7.89. The van der Waals surface area contributed by atoms with Crippen LogP contribution in [0.4, 0.5) is 22.0 Å². The van der Waals surface area contributed by atoms with Gasteiger partial charge in [-0.1, -0.05) is 67.3 Å². The topological polar surface area (TPSA) is 119 Å². The first-order chi connectivity index (χ1) is 23.6. The van der Waals surface area contributed by atoms with Crippen molar-refractivity contribution < 1.29 is 49.5 Å². The molecular weight excluding hydrogens is 709 g/mol. The summed E-state index contributed by atoms with van der Waals surface area (Å²) in [6.07, 6.45) is -0.514. The standard InChI is InChI=1S/C34H35ClF5N3O6S/c35-26-12-8-24(9-13-26)23-6-10-25(11-7-23)33(36,37)30(31(44)42-19-18-27(41)20-42)43(49-32(45)34(38,39)40)50(46,47)29-16-14-28(15-17-29)48-21-22-4-2-1-3-5-22/h6-17,22,27,30H,1-5,18-21,41H2/t27-,30-/m0/s1. The van der Waals surface area contributed by atoms with Gasteiger partial charge in [0.15, 0.2) is 0 Å². The summed E-state index contributed by atoms with van der Waals surface area (Å²) < 4.78 is 107. The van der Waals surface area contributed by atoms with E-state index in [1.165, 1.54) is 24.3 Å². The van der Waals surface area contributed by atoms with Crippen molar-refractivity contribution in [3.05, 3.63) is 83.4 Å². The second kappa shape index (κ2) is 15.2. The van der Waals surface area contributed by atoms with Crippen molar-refractivity contribution in [2.24, 2.45) is 11.7 Å². The van der Waals surface area contributed by atoms with Crippen LogP contribution in [0.3, 0.4) is 0 Å². The Morgan fingerprint density at radius 2 is 1.46 bits per heavy atom. The molecule has 3 aromatic carbocycles. The molecule has 2 N–H and O–H groups in total. The summed E-state index contributed by atoms with van der Waals surface area (Å²) >= 11 is 5.93. The van der Waals surface area contributed by atoms with Gasteiger partial charge in [-0.05, 0) is 77.2 Å². The van der Waals surface area contributed by atoms with Crippen LogP contribution in [0.5, 0.6) is 5.75 Å². The van der Waals surface area contributed by atoms with Crippen molar-refractivity contribution in [1.82, 2.24) is 9.37 Å². The maximum Gasteiger partial charge on any atom is 0.492 e. The first-order valence-corrected chi connectivity index (χ1v) is 17.7. The summed E-state index contributed by atoms with van der Waals surface area (Å²) in [6.45, 7) is -0.149. The molecule has 9 nitrogen and oxygen atoms in total. The number of halogens is 6. The molecule has 0 unspecified atom stereocenters. The van der Waals surface area contributed by atoms with Crippen molar-refractivity contribution in [1.29, 1.82) is 0 Å². The van der Waals surface area contributed by atoms with Gasteiger partial charge in [-0.15, -0.1) is 0 Å². The summed E-state index contributed by atoms with van der Waals surface area (Å²) in [7, 11) is -5.58. The highest BCUT2D eigenvalue weighted by atomic mass is 35.5. The number of sulfonamides is 1. The molecule has 1 saturated heterocycles. The number of hydrogen-bond donors (Lipinski definition) is 1. The Labute approximate surface area is 291 Å². The van der Waals surface area contributed by atoms with Crippen LogP contribution < -0.4 is 10.5 Å². The number of benzene rings is 3. The summed E-state index contributed by atoms with van der Waals surface area (Å²) in [4.78, 5) is 30.2. The second-order valence-corrected chi connectivity index (χ2v) is 14.6. The molecule has 0 bridgehead atoms. The second-order valence-electron chi connectivity index (χ2n) is 12.4. The number of nitrogens with zero attached hydrogens (tertiary/aromatic N) is 2. The van der Waals surface area contributed by atoms with E-state index in [-0.39, 0.29) is 31.2 Å². The molecule has 0 aromatic heterocycles. The van der Waals surface area contributed by atoms with E-state index >= 15 is 8.78 Å². The molecule has 0 spiro atoms. The van der Waals surface area contributed by atoms with Gasteiger partial charge in [-0.3, -0.25) is 4.79 Å². The van der Waals surface area contributed by atoms with Crippen LogP contribution in [0.25, 0.3) is 11.1 Å². The van der Waals surface area contributed by atoms with Crippen molar-refractivity contribution >= 4 is 33.5 Å². The van der Waals surface area contributed by atoms with Crippen LogP contribution in [0.15, 0.2) is 77.7 Å². The Kier molecular flexibility index (Phi) is 11.4. The van der Waals surface area contributed by atoms with E-state index in [2.05, 4.69) is 4.84 Å². The molecule has 2 aliphatic rings. The van der Waals surface area contributed by atoms with Crippen molar-refractivity contribution in [2.75, 3.05) is 19.7 Å².